The number of halogens is 1. The van der Waals surface area contributed by atoms with Crippen molar-refractivity contribution in [3.05, 3.63) is 148 Å². The molecule has 1 heterocycles. The summed E-state index contributed by atoms with van der Waals surface area (Å²) in [6.45, 7) is 0.919. The molecule has 1 atom stereocenters. The first-order valence-electron chi connectivity index (χ1n) is 12.3. The van der Waals surface area contributed by atoms with Gasteiger partial charge in [-0.2, -0.15) is 0 Å². The molecule has 0 saturated heterocycles. The van der Waals surface area contributed by atoms with Crippen LogP contribution in [0.25, 0.3) is 10.9 Å². The third-order valence-corrected chi connectivity index (χ3v) is 6.65. The van der Waals surface area contributed by atoms with Gasteiger partial charge in [-0.05, 0) is 40.5 Å². The molecular weight excluding hydrogens is 481 g/mol. The SMILES string of the molecule is O=C(C[C@H](c1cccc(F)c1)c1cn(Cc2ccccc2)c2ccc([N+](=O)[O-])cc12)NCc1ccccc1. The van der Waals surface area contributed by atoms with Crippen molar-refractivity contribution in [3.8, 4) is 0 Å². The summed E-state index contributed by atoms with van der Waals surface area (Å²) >= 11 is 0. The number of rotatable bonds is 9. The lowest BCUT2D eigenvalue weighted by Gasteiger charge is -2.17. The van der Waals surface area contributed by atoms with E-state index in [-0.39, 0.29) is 18.0 Å². The topological polar surface area (TPSA) is 77.2 Å². The molecule has 5 rings (SSSR count). The third-order valence-electron chi connectivity index (χ3n) is 6.65. The van der Waals surface area contributed by atoms with E-state index in [2.05, 4.69) is 5.32 Å². The predicted molar refractivity (Wildman–Crippen MR) is 145 cm³/mol. The van der Waals surface area contributed by atoms with Crippen LogP contribution in [0.3, 0.4) is 0 Å². The van der Waals surface area contributed by atoms with Gasteiger partial charge in [0, 0.05) is 54.7 Å². The van der Waals surface area contributed by atoms with E-state index in [0.29, 0.717) is 24.0 Å². The predicted octanol–water partition coefficient (Wildman–Crippen LogP) is 6.58. The van der Waals surface area contributed by atoms with Crippen LogP contribution in [0, 0.1) is 15.9 Å². The molecule has 7 heteroatoms. The fourth-order valence-corrected chi connectivity index (χ4v) is 4.80. The number of amides is 1. The summed E-state index contributed by atoms with van der Waals surface area (Å²) < 4.78 is 16.4. The van der Waals surface area contributed by atoms with Crippen molar-refractivity contribution >= 4 is 22.5 Å². The highest BCUT2D eigenvalue weighted by atomic mass is 19.1. The van der Waals surface area contributed by atoms with Crippen molar-refractivity contribution in [3.63, 3.8) is 0 Å². The second-order valence-corrected chi connectivity index (χ2v) is 9.23. The molecule has 6 nitrogen and oxygen atoms in total. The molecule has 0 bridgehead atoms. The van der Waals surface area contributed by atoms with Crippen LogP contribution >= 0.6 is 0 Å². The summed E-state index contributed by atoms with van der Waals surface area (Å²) in [7, 11) is 0. The van der Waals surface area contributed by atoms with Gasteiger partial charge in [-0.3, -0.25) is 14.9 Å². The maximum atomic E-state index is 14.3. The van der Waals surface area contributed by atoms with Crippen molar-refractivity contribution in [2.45, 2.75) is 25.4 Å². The Hall–Kier alpha value is -4.78. The highest BCUT2D eigenvalue weighted by molar-refractivity contribution is 5.88. The van der Waals surface area contributed by atoms with Crippen molar-refractivity contribution in [2.75, 3.05) is 0 Å². The molecule has 0 aliphatic rings. The lowest BCUT2D eigenvalue weighted by atomic mass is 9.88. The van der Waals surface area contributed by atoms with Gasteiger partial charge in [0.25, 0.3) is 5.69 Å². The van der Waals surface area contributed by atoms with Gasteiger partial charge in [0.15, 0.2) is 0 Å². The molecule has 5 aromatic rings. The molecule has 0 radical (unpaired) electrons. The second kappa shape index (κ2) is 11.1. The minimum atomic E-state index is -0.511. The molecule has 0 fully saturated rings. The largest absolute Gasteiger partial charge is 0.352 e. The Bertz CT molecular complexity index is 1580. The molecule has 0 aliphatic heterocycles. The average Bonchev–Trinajstić information content (AvgIpc) is 3.28. The number of benzene rings is 4. The van der Waals surface area contributed by atoms with Gasteiger partial charge in [-0.25, -0.2) is 4.39 Å². The summed E-state index contributed by atoms with van der Waals surface area (Å²) in [5, 5.41) is 15.2. The summed E-state index contributed by atoms with van der Waals surface area (Å²) in [5.41, 5.74) is 4.17. The van der Waals surface area contributed by atoms with Gasteiger partial charge in [0.05, 0.1) is 4.92 Å². The van der Waals surface area contributed by atoms with Crippen LogP contribution in [0.2, 0.25) is 0 Å². The Morgan fingerprint density at radius 3 is 2.29 bits per heavy atom. The van der Waals surface area contributed by atoms with E-state index in [0.717, 1.165) is 22.2 Å². The summed E-state index contributed by atoms with van der Waals surface area (Å²) in [6, 6.07) is 30.4. The van der Waals surface area contributed by atoms with Gasteiger partial charge in [0.2, 0.25) is 5.91 Å². The number of nitro groups is 1. The molecular formula is C31H26FN3O3. The molecule has 0 saturated carbocycles. The quantitative estimate of drug-likeness (QED) is 0.181. The van der Waals surface area contributed by atoms with Crippen molar-refractivity contribution in [2.24, 2.45) is 0 Å². The molecule has 190 valence electrons. The van der Waals surface area contributed by atoms with Gasteiger partial charge in [-0.1, -0.05) is 72.8 Å². The van der Waals surface area contributed by atoms with Crippen LogP contribution < -0.4 is 5.32 Å². The lowest BCUT2D eigenvalue weighted by Crippen LogP contribution is -2.25. The lowest BCUT2D eigenvalue weighted by molar-refractivity contribution is -0.384. The number of nitrogens with one attached hydrogen (secondary N) is 1. The summed E-state index contributed by atoms with van der Waals surface area (Å²) in [5.74, 6) is -1.11. The molecule has 1 aromatic heterocycles. The number of non-ortho nitro benzene ring substituents is 1. The Balaban J connectivity index is 1.57. The number of nitro benzene ring substituents is 1. The smallest absolute Gasteiger partial charge is 0.270 e. The molecule has 38 heavy (non-hydrogen) atoms. The van der Waals surface area contributed by atoms with E-state index in [4.69, 9.17) is 0 Å². The standard InChI is InChI=1S/C31H26FN3O3/c32-25-13-7-12-24(16-25)27(18-31(36)33-19-22-8-3-1-4-9-22)29-21-34(20-23-10-5-2-6-11-23)30-15-14-26(35(37)38)17-28(29)30/h1-17,21,27H,18-20H2,(H,33,36)/t27-/m1/s1. The molecule has 0 unspecified atom stereocenters. The van der Waals surface area contributed by atoms with Crippen LogP contribution in [0.5, 0.6) is 0 Å². The van der Waals surface area contributed by atoms with Gasteiger partial charge < -0.3 is 9.88 Å². The minimum absolute atomic E-state index is 0.0391. The zero-order valence-corrected chi connectivity index (χ0v) is 20.6. The Kier molecular flexibility index (Phi) is 7.26. The first kappa shape index (κ1) is 24.9. The minimum Gasteiger partial charge on any atom is -0.352 e. The van der Waals surface area contributed by atoms with Crippen molar-refractivity contribution < 1.29 is 14.1 Å². The zero-order chi connectivity index (χ0) is 26.5. The maximum Gasteiger partial charge on any atom is 0.270 e. The molecule has 4 aromatic carbocycles. The van der Waals surface area contributed by atoms with Crippen molar-refractivity contribution in [1.29, 1.82) is 0 Å². The van der Waals surface area contributed by atoms with E-state index in [1.807, 2.05) is 71.4 Å². The van der Waals surface area contributed by atoms with Gasteiger partial charge in [0.1, 0.15) is 5.82 Å². The van der Waals surface area contributed by atoms with Crippen LogP contribution in [-0.4, -0.2) is 15.4 Å². The summed E-state index contributed by atoms with van der Waals surface area (Å²) in [4.78, 5) is 24.3. The number of carbonyl (C=O) groups excluding carboxylic acids is 1. The fourth-order valence-electron chi connectivity index (χ4n) is 4.80. The average molecular weight is 508 g/mol. The van der Waals surface area contributed by atoms with E-state index < -0.39 is 16.7 Å². The molecule has 1 N–H and O–H groups in total. The van der Waals surface area contributed by atoms with E-state index in [9.17, 15) is 19.3 Å². The van der Waals surface area contributed by atoms with E-state index in [1.54, 1.807) is 24.3 Å². The molecule has 0 spiro atoms. The molecule has 0 aliphatic carbocycles. The Morgan fingerprint density at radius 2 is 1.61 bits per heavy atom. The summed E-state index contributed by atoms with van der Waals surface area (Å²) in [6.07, 6.45) is 1.99. The first-order chi connectivity index (χ1) is 18.5. The maximum absolute atomic E-state index is 14.3. The fraction of sp³-hybridized carbons (Fsp3) is 0.129. The van der Waals surface area contributed by atoms with Crippen molar-refractivity contribution in [1.82, 2.24) is 9.88 Å². The highest BCUT2D eigenvalue weighted by Gasteiger charge is 2.24. The van der Waals surface area contributed by atoms with E-state index in [1.165, 1.54) is 18.2 Å². The number of hydrogen-bond acceptors (Lipinski definition) is 3. The number of hydrogen-bond donors (Lipinski definition) is 1. The number of aromatic nitrogens is 1. The Labute approximate surface area is 219 Å². The third kappa shape index (κ3) is 5.62. The first-order valence-corrected chi connectivity index (χ1v) is 12.3. The number of carbonyl (C=O) groups is 1. The molecule has 1 amide bonds. The van der Waals surface area contributed by atoms with E-state index >= 15 is 0 Å². The van der Waals surface area contributed by atoms with Crippen LogP contribution in [0.1, 0.15) is 34.6 Å². The highest BCUT2D eigenvalue weighted by Crippen LogP contribution is 2.37. The van der Waals surface area contributed by atoms with Crippen LogP contribution in [0.15, 0.2) is 109 Å². The Morgan fingerprint density at radius 1 is 0.895 bits per heavy atom. The number of nitrogens with zero attached hydrogens (tertiary/aromatic N) is 2. The second-order valence-electron chi connectivity index (χ2n) is 9.23. The zero-order valence-electron chi connectivity index (χ0n) is 20.6. The van der Waals surface area contributed by atoms with Crippen LogP contribution in [0.4, 0.5) is 10.1 Å². The van der Waals surface area contributed by atoms with Gasteiger partial charge >= 0.3 is 0 Å². The normalized spacial score (nSPS) is 11.8. The van der Waals surface area contributed by atoms with Crippen LogP contribution in [-0.2, 0) is 17.9 Å². The number of fused-ring (bicyclic) bond motifs is 1. The monoisotopic (exact) mass is 507 g/mol. The van der Waals surface area contributed by atoms with Gasteiger partial charge in [-0.15, -0.1) is 0 Å².